The smallest absolute Gasteiger partial charge is 0.117 e. The second kappa shape index (κ2) is 4.86. The molecule has 2 atom stereocenters. The highest BCUT2D eigenvalue weighted by Crippen LogP contribution is 2.17. The maximum atomic E-state index is 9.25. The molecule has 0 aliphatic carbocycles. The number of rotatable bonds is 4. The van der Waals surface area contributed by atoms with Gasteiger partial charge in [0.25, 0.3) is 0 Å². The average molecular weight is 195 g/mol. The molecule has 2 N–H and O–H groups in total. The largest absolute Gasteiger partial charge is 0.508 e. The molecule has 0 amide bonds. The lowest BCUT2D eigenvalue weighted by molar-refractivity contribution is 0.106. The van der Waals surface area contributed by atoms with Crippen LogP contribution in [0.2, 0.25) is 0 Å². The van der Waals surface area contributed by atoms with Gasteiger partial charge in [-0.1, -0.05) is 6.07 Å². The Hall–Kier alpha value is -1.22. The van der Waals surface area contributed by atoms with Gasteiger partial charge >= 0.3 is 0 Å². The third kappa shape index (κ3) is 2.92. The van der Waals surface area contributed by atoms with Crippen LogP contribution in [0.1, 0.15) is 13.8 Å². The standard InChI is InChI=1S/C11H17NO2/c1-8(9(2)14-3)12-10-5-4-6-11(13)7-10/h4-9,12-13H,1-3H3. The van der Waals surface area contributed by atoms with Crippen LogP contribution in [0.4, 0.5) is 5.69 Å². The Bertz CT molecular complexity index is 288. The van der Waals surface area contributed by atoms with E-state index in [1.165, 1.54) is 0 Å². The molecule has 3 heteroatoms. The van der Waals surface area contributed by atoms with E-state index in [1.54, 1.807) is 19.2 Å². The summed E-state index contributed by atoms with van der Waals surface area (Å²) in [6.45, 7) is 4.04. The van der Waals surface area contributed by atoms with E-state index < -0.39 is 0 Å². The Morgan fingerprint density at radius 1 is 1.36 bits per heavy atom. The number of phenols is 1. The Kier molecular flexibility index (Phi) is 3.77. The molecule has 0 aliphatic heterocycles. The fourth-order valence-electron chi connectivity index (χ4n) is 1.18. The first-order chi connectivity index (χ1) is 6.63. The van der Waals surface area contributed by atoms with E-state index in [1.807, 2.05) is 26.0 Å². The quantitative estimate of drug-likeness (QED) is 0.774. The molecule has 0 aromatic heterocycles. The van der Waals surface area contributed by atoms with Crippen LogP contribution >= 0.6 is 0 Å². The molecule has 0 bridgehead atoms. The van der Waals surface area contributed by atoms with Gasteiger partial charge < -0.3 is 15.2 Å². The highest BCUT2D eigenvalue weighted by molar-refractivity contribution is 5.48. The Labute approximate surface area is 84.7 Å². The van der Waals surface area contributed by atoms with Crippen molar-refractivity contribution >= 4 is 5.69 Å². The number of hydrogen-bond acceptors (Lipinski definition) is 3. The third-order valence-corrected chi connectivity index (χ3v) is 2.32. The zero-order valence-electron chi connectivity index (χ0n) is 8.82. The first kappa shape index (κ1) is 10.9. The normalized spacial score (nSPS) is 14.8. The van der Waals surface area contributed by atoms with Crippen molar-refractivity contribution in [3.05, 3.63) is 24.3 Å². The Morgan fingerprint density at radius 2 is 2.07 bits per heavy atom. The molecule has 14 heavy (non-hydrogen) atoms. The van der Waals surface area contributed by atoms with E-state index in [2.05, 4.69) is 5.32 Å². The van der Waals surface area contributed by atoms with Gasteiger partial charge in [-0.3, -0.25) is 0 Å². The van der Waals surface area contributed by atoms with E-state index in [4.69, 9.17) is 4.74 Å². The summed E-state index contributed by atoms with van der Waals surface area (Å²) < 4.78 is 5.19. The topological polar surface area (TPSA) is 41.5 Å². The molecule has 0 saturated heterocycles. The van der Waals surface area contributed by atoms with Crippen LogP contribution in [0.25, 0.3) is 0 Å². The van der Waals surface area contributed by atoms with Crippen LogP contribution in [0.5, 0.6) is 5.75 Å². The first-order valence-electron chi connectivity index (χ1n) is 4.72. The maximum Gasteiger partial charge on any atom is 0.117 e. The predicted molar refractivity (Wildman–Crippen MR) is 57.7 cm³/mol. The molecule has 1 aromatic rings. The fraction of sp³-hybridized carbons (Fsp3) is 0.455. The molecule has 0 heterocycles. The minimum absolute atomic E-state index is 0.136. The summed E-state index contributed by atoms with van der Waals surface area (Å²) in [7, 11) is 1.69. The van der Waals surface area contributed by atoms with Gasteiger partial charge in [0.1, 0.15) is 5.75 Å². The summed E-state index contributed by atoms with van der Waals surface area (Å²) >= 11 is 0. The lowest BCUT2D eigenvalue weighted by Gasteiger charge is -2.20. The van der Waals surface area contributed by atoms with Crippen LogP contribution in [0.15, 0.2) is 24.3 Å². The number of ether oxygens (including phenoxy) is 1. The molecular formula is C11H17NO2. The van der Waals surface area contributed by atoms with Crippen LogP contribution in [0, 0.1) is 0 Å². The summed E-state index contributed by atoms with van der Waals surface area (Å²) in [5, 5.41) is 12.5. The molecule has 78 valence electrons. The molecule has 0 radical (unpaired) electrons. The van der Waals surface area contributed by atoms with Gasteiger partial charge in [-0.25, -0.2) is 0 Å². The zero-order valence-corrected chi connectivity index (χ0v) is 8.82. The van der Waals surface area contributed by atoms with E-state index in [9.17, 15) is 5.11 Å². The summed E-state index contributed by atoms with van der Waals surface area (Å²) in [5.41, 5.74) is 0.904. The van der Waals surface area contributed by atoms with E-state index in [-0.39, 0.29) is 17.9 Å². The summed E-state index contributed by atoms with van der Waals surface area (Å²) in [6.07, 6.45) is 0.136. The van der Waals surface area contributed by atoms with Crippen molar-refractivity contribution in [1.29, 1.82) is 0 Å². The van der Waals surface area contributed by atoms with Gasteiger partial charge in [-0.05, 0) is 26.0 Å². The van der Waals surface area contributed by atoms with Crippen molar-refractivity contribution in [3.8, 4) is 5.75 Å². The van der Waals surface area contributed by atoms with Crippen molar-refractivity contribution in [1.82, 2.24) is 0 Å². The second-order valence-electron chi connectivity index (χ2n) is 3.42. The molecule has 0 fully saturated rings. The van der Waals surface area contributed by atoms with Crippen LogP contribution in [-0.2, 0) is 4.74 Å². The molecule has 1 rings (SSSR count). The van der Waals surface area contributed by atoms with E-state index in [0.29, 0.717) is 0 Å². The SMILES string of the molecule is COC(C)C(C)Nc1cccc(O)c1. The first-order valence-corrected chi connectivity index (χ1v) is 4.72. The highest BCUT2D eigenvalue weighted by atomic mass is 16.5. The van der Waals surface area contributed by atoms with Gasteiger partial charge in [-0.15, -0.1) is 0 Å². The summed E-state index contributed by atoms with van der Waals surface area (Å²) in [5.74, 6) is 0.271. The number of methoxy groups -OCH3 is 1. The maximum absolute atomic E-state index is 9.25. The van der Waals surface area contributed by atoms with Gasteiger partial charge in [0.2, 0.25) is 0 Å². The van der Waals surface area contributed by atoms with Gasteiger partial charge in [0.15, 0.2) is 0 Å². The Morgan fingerprint density at radius 3 is 2.64 bits per heavy atom. The minimum Gasteiger partial charge on any atom is -0.508 e. The number of anilines is 1. The summed E-state index contributed by atoms with van der Waals surface area (Å²) in [6, 6.07) is 7.27. The van der Waals surface area contributed by atoms with Crippen LogP contribution in [-0.4, -0.2) is 24.4 Å². The second-order valence-corrected chi connectivity index (χ2v) is 3.42. The molecule has 0 aliphatic rings. The lowest BCUT2D eigenvalue weighted by atomic mass is 10.2. The van der Waals surface area contributed by atoms with Crippen molar-refractivity contribution in [2.75, 3.05) is 12.4 Å². The lowest BCUT2D eigenvalue weighted by Crippen LogP contribution is -2.29. The predicted octanol–water partition coefficient (Wildman–Crippen LogP) is 2.23. The molecule has 0 spiro atoms. The number of hydrogen-bond donors (Lipinski definition) is 2. The van der Waals surface area contributed by atoms with Crippen molar-refractivity contribution < 1.29 is 9.84 Å². The van der Waals surface area contributed by atoms with Gasteiger partial charge in [0, 0.05) is 24.9 Å². The number of benzene rings is 1. The van der Waals surface area contributed by atoms with E-state index >= 15 is 0 Å². The zero-order chi connectivity index (χ0) is 10.6. The highest BCUT2D eigenvalue weighted by Gasteiger charge is 2.10. The molecule has 0 saturated carbocycles. The van der Waals surface area contributed by atoms with Crippen LogP contribution < -0.4 is 5.32 Å². The third-order valence-electron chi connectivity index (χ3n) is 2.32. The Balaban J connectivity index is 2.60. The molecule has 2 unspecified atom stereocenters. The molecule has 1 aromatic carbocycles. The van der Waals surface area contributed by atoms with Gasteiger partial charge in [0.05, 0.1) is 6.10 Å². The van der Waals surface area contributed by atoms with E-state index in [0.717, 1.165) is 5.69 Å². The number of aromatic hydroxyl groups is 1. The molecule has 3 nitrogen and oxygen atoms in total. The van der Waals surface area contributed by atoms with Crippen molar-refractivity contribution in [2.45, 2.75) is 26.0 Å². The minimum atomic E-state index is 0.136. The van der Waals surface area contributed by atoms with Gasteiger partial charge in [-0.2, -0.15) is 0 Å². The van der Waals surface area contributed by atoms with Crippen molar-refractivity contribution in [2.24, 2.45) is 0 Å². The van der Waals surface area contributed by atoms with Crippen molar-refractivity contribution in [3.63, 3.8) is 0 Å². The summed E-state index contributed by atoms with van der Waals surface area (Å²) in [4.78, 5) is 0. The molecular weight excluding hydrogens is 178 g/mol. The fourth-order valence-corrected chi connectivity index (χ4v) is 1.18. The number of phenolic OH excluding ortho intramolecular Hbond substituents is 1. The number of nitrogens with one attached hydrogen (secondary N) is 1. The average Bonchev–Trinajstić information content (AvgIpc) is 2.16. The van der Waals surface area contributed by atoms with Crippen LogP contribution in [0.3, 0.4) is 0 Å². The monoisotopic (exact) mass is 195 g/mol.